The van der Waals surface area contributed by atoms with E-state index in [1.54, 1.807) is 18.9 Å². The molecule has 0 aliphatic rings. The normalized spacial score (nSPS) is 8.80. The highest BCUT2D eigenvalue weighted by Crippen LogP contribution is 1.90. The molecule has 0 saturated carbocycles. The number of carbonyl (C=O) groups is 1. The predicted octanol–water partition coefficient (Wildman–Crippen LogP) is 1.43. The lowest BCUT2D eigenvalue weighted by atomic mass is 10.3. The lowest BCUT2D eigenvalue weighted by molar-refractivity contribution is -0.127. The summed E-state index contributed by atoms with van der Waals surface area (Å²) in [5.74, 6) is 0.109. The first-order chi connectivity index (χ1) is 4.54. The highest BCUT2D eigenvalue weighted by Gasteiger charge is 1.96. The first-order valence-corrected chi connectivity index (χ1v) is 3.39. The summed E-state index contributed by atoms with van der Waals surface area (Å²) in [6.45, 7) is 6.33. The van der Waals surface area contributed by atoms with E-state index in [9.17, 15) is 4.79 Å². The molecule has 0 rings (SSSR count). The molecule has 0 aromatic heterocycles. The topological polar surface area (TPSA) is 20.3 Å². The molecule has 0 aliphatic heterocycles. The van der Waals surface area contributed by atoms with Crippen molar-refractivity contribution in [3.8, 4) is 0 Å². The molecule has 2 nitrogen and oxygen atoms in total. The Labute approximate surface area is 62.5 Å². The minimum atomic E-state index is 0.109. The second kappa shape index (κ2) is 4.09. The second-order valence-electron chi connectivity index (χ2n) is 2.68. The Morgan fingerprint density at radius 3 is 2.20 bits per heavy atom. The highest BCUT2D eigenvalue weighted by molar-refractivity contribution is 5.72. The van der Waals surface area contributed by atoms with Gasteiger partial charge in [-0.3, -0.25) is 4.79 Å². The van der Waals surface area contributed by atoms with E-state index in [0.29, 0.717) is 0 Å². The van der Waals surface area contributed by atoms with E-state index in [4.69, 9.17) is 0 Å². The third-order valence-electron chi connectivity index (χ3n) is 1.31. The molecule has 0 atom stereocenters. The number of nitrogens with zero attached hydrogens (tertiary/aromatic N) is 1. The van der Waals surface area contributed by atoms with E-state index in [1.165, 1.54) is 5.57 Å². The molecule has 0 N–H and O–H groups in total. The van der Waals surface area contributed by atoms with Crippen molar-refractivity contribution >= 4 is 5.91 Å². The molecule has 1 amide bonds. The Bertz CT molecular complexity index is 145. The van der Waals surface area contributed by atoms with Crippen LogP contribution >= 0.6 is 0 Å². The lowest BCUT2D eigenvalue weighted by Crippen LogP contribution is -2.23. The van der Waals surface area contributed by atoms with Gasteiger partial charge in [-0.05, 0) is 13.8 Å². The molecule has 0 aliphatic carbocycles. The lowest BCUT2D eigenvalue weighted by Gasteiger charge is -2.11. The molecular formula is C8H15NO. The summed E-state index contributed by atoms with van der Waals surface area (Å²) >= 11 is 0. The third-order valence-corrected chi connectivity index (χ3v) is 1.31. The van der Waals surface area contributed by atoms with Crippen LogP contribution in [0.25, 0.3) is 0 Å². The molecule has 0 heterocycles. The van der Waals surface area contributed by atoms with Gasteiger partial charge in [-0.25, -0.2) is 0 Å². The molecule has 0 aromatic rings. The molecule has 10 heavy (non-hydrogen) atoms. The molecule has 0 spiro atoms. The van der Waals surface area contributed by atoms with E-state index < -0.39 is 0 Å². The van der Waals surface area contributed by atoms with Crippen LogP contribution in [0.5, 0.6) is 0 Å². The second-order valence-corrected chi connectivity index (χ2v) is 2.68. The molecule has 0 saturated heterocycles. The van der Waals surface area contributed by atoms with Crippen molar-refractivity contribution in [1.82, 2.24) is 4.90 Å². The van der Waals surface area contributed by atoms with Gasteiger partial charge in [0.25, 0.3) is 0 Å². The van der Waals surface area contributed by atoms with Crippen molar-refractivity contribution in [3.63, 3.8) is 0 Å². The van der Waals surface area contributed by atoms with Gasteiger partial charge in [0.2, 0.25) is 5.91 Å². The summed E-state index contributed by atoms with van der Waals surface area (Å²) in [4.78, 5) is 12.3. The minimum absolute atomic E-state index is 0.109. The van der Waals surface area contributed by atoms with E-state index in [1.807, 2.05) is 19.9 Å². The fourth-order valence-corrected chi connectivity index (χ4v) is 0.448. The van der Waals surface area contributed by atoms with Crippen molar-refractivity contribution in [2.24, 2.45) is 0 Å². The average molecular weight is 141 g/mol. The summed E-state index contributed by atoms with van der Waals surface area (Å²) < 4.78 is 0. The summed E-state index contributed by atoms with van der Waals surface area (Å²) in [6.07, 6.45) is 2.03. The number of allylic oxidation sites excluding steroid dienone is 1. The number of carbonyl (C=O) groups excluding carboxylic acids is 1. The predicted molar refractivity (Wildman–Crippen MR) is 42.7 cm³/mol. The average Bonchev–Trinajstić information content (AvgIpc) is 1.82. The van der Waals surface area contributed by atoms with Gasteiger partial charge in [0.05, 0.1) is 0 Å². The third kappa shape index (κ3) is 4.13. The zero-order chi connectivity index (χ0) is 8.15. The van der Waals surface area contributed by atoms with Gasteiger partial charge in [-0.2, -0.15) is 0 Å². The van der Waals surface area contributed by atoms with Gasteiger partial charge in [0.1, 0.15) is 0 Å². The van der Waals surface area contributed by atoms with Crippen LogP contribution in [0.1, 0.15) is 20.8 Å². The van der Waals surface area contributed by atoms with Crippen LogP contribution < -0.4 is 0 Å². The Morgan fingerprint density at radius 1 is 1.40 bits per heavy atom. The molecule has 0 fully saturated rings. The maximum absolute atomic E-state index is 10.7. The Hall–Kier alpha value is -0.790. The summed E-state index contributed by atoms with van der Waals surface area (Å²) in [7, 11) is 1.79. The van der Waals surface area contributed by atoms with E-state index in [0.717, 1.165) is 6.54 Å². The van der Waals surface area contributed by atoms with Gasteiger partial charge in [0.15, 0.2) is 0 Å². The van der Waals surface area contributed by atoms with Crippen LogP contribution in [0.3, 0.4) is 0 Å². The van der Waals surface area contributed by atoms with Crippen molar-refractivity contribution in [2.45, 2.75) is 20.8 Å². The number of rotatable bonds is 2. The van der Waals surface area contributed by atoms with Crippen molar-refractivity contribution < 1.29 is 4.79 Å². The Morgan fingerprint density at radius 2 is 1.90 bits per heavy atom. The minimum Gasteiger partial charge on any atom is -0.342 e. The number of hydrogen-bond donors (Lipinski definition) is 0. The summed E-state index contributed by atoms with van der Waals surface area (Å²) in [5, 5.41) is 0. The van der Waals surface area contributed by atoms with Gasteiger partial charge >= 0.3 is 0 Å². The molecule has 0 unspecified atom stereocenters. The maximum atomic E-state index is 10.7. The van der Waals surface area contributed by atoms with Crippen LogP contribution in [-0.2, 0) is 4.79 Å². The van der Waals surface area contributed by atoms with Crippen LogP contribution in [0, 0.1) is 0 Å². The number of amides is 1. The maximum Gasteiger partial charge on any atom is 0.219 e. The van der Waals surface area contributed by atoms with Crippen LogP contribution in [-0.4, -0.2) is 24.4 Å². The molecule has 0 aromatic carbocycles. The van der Waals surface area contributed by atoms with E-state index >= 15 is 0 Å². The zero-order valence-corrected chi connectivity index (χ0v) is 7.14. The summed E-state index contributed by atoms with van der Waals surface area (Å²) in [5.41, 5.74) is 1.24. The van der Waals surface area contributed by atoms with Crippen LogP contribution in [0.4, 0.5) is 0 Å². The van der Waals surface area contributed by atoms with Gasteiger partial charge in [0, 0.05) is 20.5 Å². The fraction of sp³-hybridized carbons (Fsp3) is 0.625. The quantitative estimate of drug-likeness (QED) is 0.533. The SMILES string of the molecule is CC(=O)N(C)CC=C(C)C. The molecule has 58 valence electrons. The Kier molecular flexibility index (Phi) is 3.77. The molecule has 0 radical (unpaired) electrons. The Balaban J connectivity index is 3.70. The van der Waals surface area contributed by atoms with Crippen molar-refractivity contribution in [2.75, 3.05) is 13.6 Å². The van der Waals surface area contributed by atoms with Gasteiger partial charge in [-0.15, -0.1) is 0 Å². The zero-order valence-electron chi connectivity index (χ0n) is 7.14. The molecule has 0 bridgehead atoms. The monoisotopic (exact) mass is 141 g/mol. The van der Waals surface area contributed by atoms with Gasteiger partial charge in [-0.1, -0.05) is 11.6 Å². The standard InChI is InChI=1S/C8H15NO/c1-7(2)5-6-9(4)8(3)10/h5H,6H2,1-4H3. The molecule has 2 heteroatoms. The first-order valence-electron chi connectivity index (χ1n) is 3.39. The van der Waals surface area contributed by atoms with Gasteiger partial charge < -0.3 is 4.90 Å². The van der Waals surface area contributed by atoms with Crippen LogP contribution in [0.2, 0.25) is 0 Å². The van der Waals surface area contributed by atoms with Crippen molar-refractivity contribution in [1.29, 1.82) is 0 Å². The molecular weight excluding hydrogens is 126 g/mol. The van der Waals surface area contributed by atoms with E-state index in [2.05, 4.69) is 0 Å². The van der Waals surface area contributed by atoms with E-state index in [-0.39, 0.29) is 5.91 Å². The van der Waals surface area contributed by atoms with Crippen LogP contribution in [0.15, 0.2) is 11.6 Å². The number of hydrogen-bond acceptors (Lipinski definition) is 1. The fourth-order valence-electron chi connectivity index (χ4n) is 0.448. The highest BCUT2D eigenvalue weighted by atomic mass is 16.2. The van der Waals surface area contributed by atoms with Crippen molar-refractivity contribution in [3.05, 3.63) is 11.6 Å². The first kappa shape index (κ1) is 9.21. The smallest absolute Gasteiger partial charge is 0.219 e. The summed E-state index contributed by atoms with van der Waals surface area (Å²) in [6, 6.07) is 0. The number of likely N-dealkylation sites (N-methyl/N-ethyl adjacent to an activating group) is 1. The largest absolute Gasteiger partial charge is 0.342 e.